The van der Waals surface area contributed by atoms with Crippen LogP contribution in [0.15, 0.2) is 45.5 Å². The average Bonchev–Trinajstić information content (AvgIpc) is 3.11. The van der Waals surface area contributed by atoms with Gasteiger partial charge in [0.2, 0.25) is 0 Å². The second-order valence-corrected chi connectivity index (χ2v) is 11.1. The molecule has 3 rings (SSSR count). The molecule has 3 aromatic rings. The third kappa shape index (κ3) is 4.69. The summed E-state index contributed by atoms with van der Waals surface area (Å²) in [6.45, 7) is 3.99. The number of aromatic hydroxyl groups is 1. The molecular formula is C20H20ClNO5S3. The van der Waals surface area contributed by atoms with Gasteiger partial charge in [0.05, 0.1) is 21.4 Å². The molecule has 0 spiro atoms. The zero-order chi connectivity index (χ0) is 22.1. The lowest BCUT2D eigenvalue weighted by Gasteiger charge is -2.14. The summed E-state index contributed by atoms with van der Waals surface area (Å²) in [6.07, 6.45) is 0.833. The number of aliphatic carboxylic acids is 1. The largest absolute Gasteiger partial charge is 0.506 e. The van der Waals surface area contributed by atoms with Gasteiger partial charge < -0.3 is 10.2 Å². The van der Waals surface area contributed by atoms with Gasteiger partial charge in [-0.25, -0.2) is 8.42 Å². The van der Waals surface area contributed by atoms with Crippen LogP contribution in [0.2, 0.25) is 5.02 Å². The maximum absolute atomic E-state index is 13.1. The Labute approximate surface area is 187 Å². The highest BCUT2D eigenvalue weighted by atomic mass is 35.5. The predicted molar refractivity (Wildman–Crippen MR) is 123 cm³/mol. The summed E-state index contributed by atoms with van der Waals surface area (Å²) < 4.78 is 28.8. The zero-order valence-corrected chi connectivity index (χ0v) is 19.4. The normalized spacial score (nSPS) is 12.8. The minimum atomic E-state index is -3.93. The number of carboxylic acid groups (broad SMARTS) is 1. The summed E-state index contributed by atoms with van der Waals surface area (Å²) in [5.41, 5.74) is 0.255. The molecule has 1 aromatic heterocycles. The van der Waals surface area contributed by atoms with E-state index in [4.69, 9.17) is 16.7 Å². The van der Waals surface area contributed by atoms with Gasteiger partial charge in [-0.1, -0.05) is 49.7 Å². The summed E-state index contributed by atoms with van der Waals surface area (Å²) in [6, 6.07) is 9.67. The molecule has 1 unspecified atom stereocenters. The number of phenols is 1. The number of carboxylic acids is 1. The number of benzene rings is 2. The van der Waals surface area contributed by atoms with Gasteiger partial charge >= 0.3 is 5.97 Å². The SMILES string of the molecule is CCC(C)c1sc(S(=O)(=O)Nc2cc(SCC(=O)O)c(O)c3ccccc23)cc1Cl. The maximum Gasteiger partial charge on any atom is 0.313 e. The first kappa shape index (κ1) is 22.7. The Morgan fingerprint density at radius 3 is 2.57 bits per heavy atom. The highest BCUT2D eigenvalue weighted by molar-refractivity contribution is 8.00. The van der Waals surface area contributed by atoms with Gasteiger partial charge in [-0.2, -0.15) is 0 Å². The van der Waals surface area contributed by atoms with Crippen LogP contribution in [0.4, 0.5) is 5.69 Å². The van der Waals surface area contributed by atoms with Crippen LogP contribution in [0.25, 0.3) is 10.8 Å². The quantitative estimate of drug-likeness (QED) is 0.277. The summed E-state index contributed by atoms with van der Waals surface area (Å²) in [5.74, 6) is -1.25. The van der Waals surface area contributed by atoms with E-state index in [0.29, 0.717) is 15.8 Å². The second-order valence-electron chi connectivity index (χ2n) is 6.69. The second kappa shape index (κ2) is 9.05. The Bertz CT molecular complexity index is 1210. The van der Waals surface area contributed by atoms with Crippen molar-refractivity contribution in [1.82, 2.24) is 0 Å². The molecule has 0 saturated heterocycles. The first-order chi connectivity index (χ1) is 14.1. The molecule has 0 aliphatic carbocycles. The highest BCUT2D eigenvalue weighted by Crippen LogP contribution is 2.42. The Morgan fingerprint density at radius 1 is 1.27 bits per heavy atom. The van der Waals surface area contributed by atoms with E-state index in [1.165, 1.54) is 12.1 Å². The van der Waals surface area contributed by atoms with Crippen molar-refractivity contribution in [2.75, 3.05) is 10.5 Å². The third-order valence-electron chi connectivity index (χ3n) is 4.59. The van der Waals surface area contributed by atoms with Crippen LogP contribution in [0.3, 0.4) is 0 Å². The summed E-state index contributed by atoms with van der Waals surface area (Å²) >= 11 is 8.31. The van der Waals surface area contributed by atoms with Gasteiger partial charge in [0.25, 0.3) is 10.0 Å². The van der Waals surface area contributed by atoms with Gasteiger partial charge in [-0.3, -0.25) is 9.52 Å². The van der Waals surface area contributed by atoms with Crippen LogP contribution in [-0.2, 0) is 14.8 Å². The number of thioether (sulfide) groups is 1. The van der Waals surface area contributed by atoms with Crippen molar-refractivity contribution in [2.45, 2.75) is 35.3 Å². The minimum Gasteiger partial charge on any atom is -0.506 e. The standard InChI is InChI=1S/C20H20ClNO5S3/c1-3-11(2)20-14(21)8-18(29-20)30(26,27)22-15-9-16(28-10-17(23)24)19(25)13-7-5-4-6-12(13)15/h4-9,11,22,25H,3,10H2,1-2H3,(H,23,24). The molecule has 0 bridgehead atoms. The van der Waals surface area contributed by atoms with E-state index < -0.39 is 16.0 Å². The fourth-order valence-electron chi connectivity index (χ4n) is 2.88. The van der Waals surface area contributed by atoms with Crippen molar-refractivity contribution in [3.8, 4) is 5.75 Å². The van der Waals surface area contributed by atoms with Crippen LogP contribution in [0, 0.1) is 0 Å². The highest BCUT2D eigenvalue weighted by Gasteiger charge is 2.23. The smallest absolute Gasteiger partial charge is 0.313 e. The van der Waals surface area contributed by atoms with Gasteiger partial charge in [-0.15, -0.1) is 23.1 Å². The van der Waals surface area contributed by atoms with E-state index in [9.17, 15) is 18.3 Å². The molecule has 0 amide bonds. The van der Waals surface area contributed by atoms with E-state index in [-0.39, 0.29) is 32.2 Å². The monoisotopic (exact) mass is 485 g/mol. The first-order valence-electron chi connectivity index (χ1n) is 9.05. The number of sulfonamides is 1. The predicted octanol–water partition coefficient (Wildman–Crippen LogP) is 5.75. The van der Waals surface area contributed by atoms with Crippen molar-refractivity contribution < 1.29 is 23.4 Å². The van der Waals surface area contributed by atoms with Crippen molar-refractivity contribution in [3.63, 3.8) is 0 Å². The minimum absolute atomic E-state index is 0.0852. The Kier molecular flexibility index (Phi) is 6.86. The maximum atomic E-state index is 13.1. The summed E-state index contributed by atoms with van der Waals surface area (Å²) in [7, 11) is -3.93. The number of nitrogens with one attached hydrogen (secondary N) is 1. The summed E-state index contributed by atoms with van der Waals surface area (Å²) in [5, 5.41) is 20.8. The molecule has 0 aliphatic heterocycles. The molecule has 30 heavy (non-hydrogen) atoms. The van der Waals surface area contributed by atoms with E-state index >= 15 is 0 Å². The molecule has 0 fully saturated rings. The molecule has 6 nitrogen and oxygen atoms in total. The fourth-order valence-corrected chi connectivity index (χ4v) is 6.73. The van der Waals surface area contributed by atoms with Crippen LogP contribution in [0.5, 0.6) is 5.75 Å². The average molecular weight is 486 g/mol. The molecular weight excluding hydrogens is 466 g/mol. The van der Waals surface area contributed by atoms with E-state index in [0.717, 1.165) is 34.4 Å². The Hall–Kier alpha value is -1.94. The lowest BCUT2D eigenvalue weighted by molar-refractivity contribution is -0.133. The lowest BCUT2D eigenvalue weighted by atomic mass is 10.1. The van der Waals surface area contributed by atoms with Crippen LogP contribution < -0.4 is 4.72 Å². The lowest BCUT2D eigenvalue weighted by Crippen LogP contribution is -2.12. The van der Waals surface area contributed by atoms with E-state index in [1.54, 1.807) is 24.3 Å². The molecule has 0 radical (unpaired) electrons. The Morgan fingerprint density at radius 2 is 1.93 bits per heavy atom. The fraction of sp³-hybridized carbons (Fsp3) is 0.250. The van der Waals surface area contributed by atoms with Crippen LogP contribution in [0.1, 0.15) is 31.1 Å². The van der Waals surface area contributed by atoms with Crippen molar-refractivity contribution >= 4 is 67.2 Å². The first-order valence-corrected chi connectivity index (χ1v) is 12.7. The van der Waals surface area contributed by atoms with Crippen LogP contribution >= 0.6 is 34.7 Å². The van der Waals surface area contributed by atoms with E-state index in [1.807, 2.05) is 13.8 Å². The van der Waals surface area contributed by atoms with Gasteiger partial charge in [-0.05, 0) is 24.5 Å². The van der Waals surface area contributed by atoms with Crippen molar-refractivity contribution in [3.05, 3.63) is 46.3 Å². The number of hydrogen-bond donors (Lipinski definition) is 3. The van der Waals surface area contributed by atoms with Gasteiger partial charge in [0, 0.05) is 15.6 Å². The molecule has 2 aromatic carbocycles. The number of rotatable bonds is 8. The summed E-state index contributed by atoms with van der Waals surface area (Å²) in [4.78, 5) is 12.0. The zero-order valence-electron chi connectivity index (χ0n) is 16.2. The molecule has 3 N–H and O–H groups in total. The number of hydrogen-bond acceptors (Lipinski definition) is 6. The molecule has 1 atom stereocenters. The number of phenolic OH excluding ortho intramolecular Hbond substituents is 1. The molecule has 0 aliphatic rings. The van der Waals surface area contributed by atoms with Crippen LogP contribution in [-0.4, -0.2) is 30.4 Å². The van der Waals surface area contributed by atoms with Crippen molar-refractivity contribution in [2.24, 2.45) is 0 Å². The molecule has 10 heteroatoms. The number of halogens is 1. The molecule has 0 saturated carbocycles. The number of thiophene rings is 1. The van der Waals surface area contributed by atoms with Gasteiger partial charge in [0.1, 0.15) is 9.96 Å². The topological polar surface area (TPSA) is 104 Å². The van der Waals surface area contributed by atoms with Crippen molar-refractivity contribution in [1.29, 1.82) is 0 Å². The van der Waals surface area contributed by atoms with Gasteiger partial charge in [0.15, 0.2) is 0 Å². The molecule has 160 valence electrons. The Balaban J connectivity index is 2.06. The number of carbonyl (C=O) groups is 1. The molecule has 1 heterocycles. The third-order valence-corrected chi connectivity index (χ3v) is 9.24. The number of anilines is 1. The number of fused-ring (bicyclic) bond motifs is 1. The van der Waals surface area contributed by atoms with E-state index in [2.05, 4.69) is 4.72 Å².